The fourth-order valence-corrected chi connectivity index (χ4v) is 4.80. The highest BCUT2D eigenvalue weighted by molar-refractivity contribution is 7.84. The number of benzene rings is 1. The van der Waals surface area contributed by atoms with Gasteiger partial charge in [0.1, 0.15) is 0 Å². The Labute approximate surface area is 146 Å². The predicted molar refractivity (Wildman–Crippen MR) is 97.0 cm³/mol. The van der Waals surface area contributed by atoms with Crippen LogP contribution in [0.25, 0.3) is 0 Å². The van der Waals surface area contributed by atoms with Crippen LogP contribution in [0.5, 0.6) is 0 Å². The molecule has 1 fully saturated rings. The Morgan fingerprint density at radius 2 is 2.00 bits per heavy atom. The van der Waals surface area contributed by atoms with Gasteiger partial charge in [-0.25, -0.2) is 8.93 Å². The number of nitrogens with one attached hydrogen (secondary N) is 2. The van der Waals surface area contributed by atoms with Crippen LogP contribution in [-0.2, 0) is 17.4 Å². The first-order chi connectivity index (χ1) is 11.2. The molecule has 0 bridgehead atoms. The van der Waals surface area contributed by atoms with E-state index in [1.807, 2.05) is 32.9 Å². The molecule has 132 valence electrons. The zero-order valence-electron chi connectivity index (χ0n) is 14.6. The van der Waals surface area contributed by atoms with Gasteiger partial charge in [0.25, 0.3) is 0 Å². The highest BCUT2D eigenvalue weighted by Gasteiger charge is 2.47. The van der Waals surface area contributed by atoms with Gasteiger partial charge >= 0.3 is 0 Å². The van der Waals surface area contributed by atoms with Gasteiger partial charge in [0.2, 0.25) is 5.91 Å². The Kier molecular flexibility index (Phi) is 4.57. The Morgan fingerprint density at radius 3 is 2.58 bits per heavy atom. The van der Waals surface area contributed by atoms with Crippen LogP contribution in [0.1, 0.15) is 61.1 Å². The van der Waals surface area contributed by atoms with E-state index >= 15 is 0 Å². The summed E-state index contributed by atoms with van der Waals surface area (Å²) < 4.78 is 15.8. The zero-order valence-corrected chi connectivity index (χ0v) is 15.5. The van der Waals surface area contributed by atoms with Gasteiger partial charge in [0.05, 0.1) is 21.8 Å². The van der Waals surface area contributed by atoms with E-state index in [1.165, 1.54) is 5.56 Å². The number of primary amides is 1. The highest BCUT2D eigenvalue weighted by atomic mass is 32.2. The first kappa shape index (κ1) is 17.6. The van der Waals surface area contributed by atoms with Crippen molar-refractivity contribution in [2.75, 3.05) is 13.1 Å². The Hall–Kier alpha value is -1.24. The molecule has 1 aromatic carbocycles. The second-order valence-electron chi connectivity index (χ2n) is 8.00. The summed E-state index contributed by atoms with van der Waals surface area (Å²) in [6, 6.07) is 5.71. The first-order valence-corrected chi connectivity index (χ1v) is 9.69. The van der Waals surface area contributed by atoms with Gasteiger partial charge in [-0.15, -0.1) is 0 Å². The second-order valence-corrected chi connectivity index (χ2v) is 10.00. The summed E-state index contributed by atoms with van der Waals surface area (Å²) in [6.07, 6.45) is 3.03. The Morgan fingerprint density at radius 1 is 1.33 bits per heavy atom. The van der Waals surface area contributed by atoms with Crippen LogP contribution in [0.4, 0.5) is 0 Å². The van der Waals surface area contributed by atoms with E-state index < -0.39 is 16.9 Å². The maximum Gasteiger partial charge on any atom is 0.248 e. The predicted octanol–water partition coefficient (Wildman–Crippen LogP) is 1.80. The lowest BCUT2D eigenvalue weighted by molar-refractivity contribution is 0.1000. The van der Waals surface area contributed by atoms with E-state index in [0.29, 0.717) is 5.56 Å². The Bertz CT molecular complexity index is 675. The zero-order chi connectivity index (χ0) is 17.5. The third-order valence-corrected chi connectivity index (χ3v) is 6.84. The van der Waals surface area contributed by atoms with Gasteiger partial charge in [-0.05, 0) is 81.8 Å². The van der Waals surface area contributed by atoms with Crippen LogP contribution < -0.4 is 15.8 Å². The second kappa shape index (κ2) is 6.24. The molecule has 0 saturated carbocycles. The van der Waals surface area contributed by atoms with Crippen molar-refractivity contribution in [1.29, 1.82) is 0 Å². The lowest BCUT2D eigenvalue weighted by Gasteiger charge is -2.40. The van der Waals surface area contributed by atoms with Gasteiger partial charge in [-0.2, -0.15) is 0 Å². The topological polar surface area (TPSA) is 84.2 Å². The maximum atomic E-state index is 12.8. The van der Waals surface area contributed by atoms with Crippen molar-refractivity contribution >= 4 is 16.9 Å². The molecule has 3 rings (SSSR count). The molecule has 2 atom stereocenters. The van der Waals surface area contributed by atoms with Gasteiger partial charge in [-0.3, -0.25) is 4.79 Å². The number of hydrogen-bond acceptors (Lipinski definition) is 3. The first-order valence-electron chi connectivity index (χ1n) is 8.54. The molecule has 24 heavy (non-hydrogen) atoms. The normalized spacial score (nSPS) is 23.9. The summed E-state index contributed by atoms with van der Waals surface area (Å²) in [6.45, 7) is 7.86. The van der Waals surface area contributed by atoms with Crippen molar-refractivity contribution in [3.8, 4) is 0 Å². The Balaban J connectivity index is 2.01. The minimum Gasteiger partial charge on any atom is -0.366 e. The molecular formula is C18H27N3O2S. The summed E-state index contributed by atoms with van der Waals surface area (Å²) in [5.41, 5.74) is 8.38. The van der Waals surface area contributed by atoms with Gasteiger partial charge in [0.15, 0.2) is 0 Å². The van der Waals surface area contributed by atoms with Crippen LogP contribution in [0.3, 0.4) is 0 Å². The number of rotatable bonds is 3. The summed E-state index contributed by atoms with van der Waals surface area (Å²) in [5, 5.41) is 3.42. The largest absolute Gasteiger partial charge is 0.366 e. The minimum atomic E-state index is -1.17. The van der Waals surface area contributed by atoms with Crippen LogP contribution in [0.2, 0.25) is 0 Å². The quantitative estimate of drug-likeness (QED) is 0.778. The fourth-order valence-electron chi connectivity index (χ4n) is 3.85. The van der Waals surface area contributed by atoms with E-state index in [9.17, 15) is 9.00 Å². The van der Waals surface area contributed by atoms with Crippen LogP contribution >= 0.6 is 0 Å². The van der Waals surface area contributed by atoms with Crippen LogP contribution in [0.15, 0.2) is 18.2 Å². The highest BCUT2D eigenvalue weighted by Crippen LogP contribution is 2.51. The number of amides is 1. The molecule has 1 aromatic rings. The monoisotopic (exact) mass is 349 g/mol. The third kappa shape index (κ3) is 3.15. The molecule has 2 aliphatic rings. The number of carbonyl (C=O) groups excluding carboxylic acids is 1. The molecule has 0 aromatic heterocycles. The summed E-state index contributed by atoms with van der Waals surface area (Å²) in [5.74, 6) is -0.417. The van der Waals surface area contributed by atoms with Crippen molar-refractivity contribution in [2.24, 2.45) is 11.1 Å². The number of carbonyl (C=O) groups is 1. The smallest absolute Gasteiger partial charge is 0.248 e. The molecule has 6 heteroatoms. The number of nitrogens with two attached hydrogens (primary N) is 1. The molecule has 1 aliphatic carbocycles. The maximum absolute atomic E-state index is 12.8. The van der Waals surface area contributed by atoms with Crippen molar-refractivity contribution in [1.82, 2.24) is 10.0 Å². The molecule has 5 nitrogen and oxygen atoms in total. The van der Waals surface area contributed by atoms with E-state index in [4.69, 9.17) is 5.73 Å². The average Bonchev–Trinajstić information content (AvgIpc) is 2.79. The molecule has 1 aliphatic heterocycles. The number of piperidine rings is 1. The molecule has 4 N–H and O–H groups in total. The average molecular weight is 350 g/mol. The molecule has 1 heterocycles. The van der Waals surface area contributed by atoms with E-state index in [0.717, 1.165) is 37.9 Å². The van der Waals surface area contributed by atoms with Crippen molar-refractivity contribution in [2.45, 2.75) is 50.8 Å². The van der Waals surface area contributed by atoms with Crippen molar-refractivity contribution < 1.29 is 9.00 Å². The summed E-state index contributed by atoms with van der Waals surface area (Å²) in [7, 11) is -1.17. The van der Waals surface area contributed by atoms with Gasteiger partial charge in [-0.1, -0.05) is 6.07 Å². The molecule has 1 unspecified atom stereocenters. The minimum absolute atomic E-state index is 0.00559. The van der Waals surface area contributed by atoms with E-state index in [-0.39, 0.29) is 16.2 Å². The van der Waals surface area contributed by atoms with Crippen molar-refractivity contribution in [3.05, 3.63) is 34.9 Å². The number of hydrogen-bond donors (Lipinski definition) is 3. The summed E-state index contributed by atoms with van der Waals surface area (Å²) in [4.78, 5) is 11.6. The molecule has 1 amide bonds. The lowest BCUT2D eigenvalue weighted by atomic mass is 9.73. The van der Waals surface area contributed by atoms with E-state index in [1.54, 1.807) is 6.07 Å². The van der Waals surface area contributed by atoms with Gasteiger partial charge in [0, 0.05) is 5.56 Å². The lowest BCUT2D eigenvalue weighted by Crippen LogP contribution is -2.46. The number of fused-ring (bicyclic) bond motifs is 1. The molecular weight excluding hydrogens is 322 g/mol. The summed E-state index contributed by atoms with van der Waals surface area (Å²) >= 11 is 0. The van der Waals surface area contributed by atoms with Crippen LogP contribution in [0, 0.1) is 5.41 Å². The van der Waals surface area contributed by atoms with Crippen LogP contribution in [-0.4, -0.2) is 28.0 Å². The molecule has 0 radical (unpaired) electrons. The SMILES string of the molecule is CC(C)(C)[S@@](=O)NC1c2cc(C(N)=O)ccc2CC12CCNCC2. The van der Waals surface area contributed by atoms with Gasteiger partial charge < -0.3 is 11.1 Å². The molecule has 1 saturated heterocycles. The van der Waals surface area contributed by atoms with Crippen molar-refractivity contribution in [3.63, 3.8) is 0 Å². The standard InChI is InChI=1S/C18H27N3O2S/c1-17(2,3)24(23)21-15-14-10-12(16(19)22)4-5-13(14)11-18(15)6-8-20-9-7-18/h4-5,10,15,20-21H,6-9,11H2,1-3H3,(H2,19,22)/t15?,24-/m1/s1. The molecule has 1 spiro atoms. The van der Waals surface area contributed by atoms with E-state index in [2.05, 4.69) is 10.0 Å². The fraction of sp³-hybridized carbons (Fsp3) is 0.611. The third-order valence-electron chi connectivity index (χ3n) is 5.28.